The molecule has 0 N–H and O–H groups in total. The molecule has 2 aromatic rings. The van der Waals surface area contributed by atoms with Gasteiger partial charge in [0, 0.05) is 11.8 Å². The molecule has 0 saturated heterocycles. The molecule has 2 atom stereocenters. The number of hydrogen-bond acceptors (Lipinski definition) is 4. The van der Waals surface area contributed by atoms with Crippen LogP contribution in [0.4, 0.5) is 0 Å². The highest BCUT2D eigenvalue weighted by atomic mass is 16.5. The maximum atomic E-state index is 12.2. The van der Waals surface area contributed by atoms with E-state index in [1.54, 1.807) is 6.92 Å². The third-order valence-electron chi connectivity index (χ3n) is 4.25. The fourth-order valence-corrected chi connectivity index (χ4v) is 3.05. The lowest BCUT2D eigenvalue weighted by Gasteiger charge is -2.27. The van der Waals surface area contributed by atoms with Crippen LogP contribution in [0.5, 0.6) is 0 Å². The Morgan fingerprint density at radius 3 is 1.64 bits per heavy atom. The average molecular weight is 340 g/mol. The summed E-state index contributed by atoms with van der Waals surface area (Å²) in [6, 6.07) is 19.5. The smallest absolute Gasteiger partial charge is 0.306 e. The summed E-state index contributed by atoms with van der Waals surface area (Å²) < 4.78 is 10.0. The predicted octanol–water partition coefficient (Wildman–Crippen LogP) is 4.07. The number of methoxy groups -OCH3 is 1. The number of ether oxygens (including phenoxy) is 2. The molecule has 0 aliphatic heterocycles. The van der Waals surface area contributed by atoms with Crippen LogP contribution in [0.15, 0.2) is 60.7 Å². The molecule has 2 unspecified atom stereocenters. The Bertz CT molecular complexity index is 667. The summed E-state index contributed by atoms with van der Waals surface area (Å²) in [7, 11) is 1.38. The van der Waals surface area contributed by atoms with Crippen molar-refractivity contribution in [1.82, 2.24) is 0 Å². The van der Waals surface area contributed by atoms with Crippen LogP contribution >= 0.6 is 0 Å². The van der Waals surface area contributed by atoms with Crippen LogP contribution < -0.4 is 0 Å². The molecule has 0 heterocycles. The standard InChI is InChI=1S/C21H24O4/c1-3-25-21(23)15-19(17-12-8-5-9-13-17)18(14-20(22)24-2)16-10-6-4-7-11-16/h4-13,18-19H,3,14-15H2,1-2H3. The number of carbonyl (C=O) groups is 2. The van der Waals surface area contributed by atoms with Gasteiger partial charge in [0.05, 0.1) is 26.6 Å². The van der Waals surface area contributed by atoms with Gasteiger partial charge in [-0.3, -0.25) is 9.59 Å². The zero-order chi connectivity index (χ0) is 18.1. The lowest BCUT2D eigenvalue weighted by Crippen LogP contribution is -2.20. The number of hydrogen-bond donors (Lipinski definition) is 0. The minimum Gasteiger partial charge on any atom is -0.469 e. The van der Waals surface area contributed by atoms with Crippen LogP contribution in [0.2, 0.25) is 0 Å². The zero-order valence-corrected chi connectivity index (χ0v) is 14.7. The first-order chi connectivity index (χ1) is 12.2. The minimum absolute atomic E-state index is 0.165. The van der Waals surface area contributed by atoms with E-state index in [4.69, 9.17) is 9.47 Å². The van der Waals surface area contributed by atoms with Crippen molar-refractivity contribution < 1.29 is 19.1 Å². The van der Waals surface area contributed by atoms with Gasteiger partial charge < -0.3 is 9.47 Å². The summed E-state index contributed by atoms with van der Waals surface area (Å²) in [5.74, 6) is -0.886. The van der Waals surface area contributed by atoms with E-state index in [0.29, 0.717) is 6.61 Å². The number of esters is 2. The monoisotopic (exact) mass is 340 g/mol. The fourth-order valence-electron chi connectivity index (χ4n) is 3.05. The number of carbonyl (C=O) groups excluding carboxylic acids is 2. The Morgan fingerprint density at radius 2 is 1.24 bits per heavy atom. The highest BCUT2D eigenvalue weighted by molar-refractivity contribution is 5.73. The number of benzene rings is 2. The highest BCUT2D eigenvalue weighted by Crippen LogP contribution is 2.38. The topological polar surface area (TPSA) is 52.6 Å². The molecule has 0 bridgehead atoms. The largest absolute Gasteiger partial charge is 0.469 e. The van der Waals surface area contributed by atoms with Crippen LogP contribution in [0.1, 0.15) is 42.7 Å². The molecule has 0 radical (unpaired) electrons. The van der Waals surface area contributed by atoms with Gasteiger partial charge >= 0.3 is 11.9 Å². The Morgan fingerprint density at radius 1 is 0.800 bits per heavy atom. The van der Waals surface area contributed by atoms with Crippen molar-refractivity contribution in [3.8, 4) is 0 Å². The quantitative estimate of drug-likeness (QED) is 0.680. The van der Waals surface area contributed by atoms with E-state index in [2.05, 4.69) is 0 Å². The molecule has 4 nitrogen and oxygen atoms in total. The molecule has 0 aliphatic carbocycles. The summed E-state index contributed by atoms with van der Waals surface area (Å²) >= 11 is 0. The van der Waals surface area contributed by atoms with Gasteiger partial charge in [-0.05, 0) is 18.1 Å². The fraction of sp³-hybridized carbons (Fsp3) is 0.333. The van der Waals surface area contributed by atoms with E-state index >= 15 is 0 Å². The molecule has 4 heteroatoms. The Hall–Kier alpha value is -2.62. The summed E-state index contributed by atoms with van der Waals surface area (Å²) in [5, 5.41) is 0. The van der Waals surface area contributed by atoms with Gasteiger partial charge in [-0.25, -0.2) is 0 Å². The minimum atomic E-state index is -0.293. The van der Waals surface area contributed by atoms with Crippen molar-refractivity contribution in [3.63, 3.8) is 0 Å². The number of rotatable bonds is 8. The zero-order valence-electron chi connectivity index (χ0n) is 14.7. The second kappa shape index (κ2) is 9.62. The van der Waals surface area contributed by atoms with E-state index in [9.17, 15) is 9.59 Å². The third-order valence-corrected chi connectivity index (χ3v) is 4.25. The van der Waals surface area contributed by atoms with Gasteiger partial charge in [0.15, 0.2) is 0 Å². The predicted molar refractivity (Wildman–Crippen MR) is 96.2 cm³/mol. The first kappa shape index (κ1) is 18.7. The first-order valence-electron chi connectivity index (χ1n) is 8.48. The Balaban J connectivity index is 2.40. The lowest BCUT2D eigenvalue weighted by molar-refractivity contribution is -0.145. The van der Waals surface area contributed by atoms with Crippen molar-refractivity contribution in [2.45, 2.75) is 31.6 Å². The van der Waals surface area contributed by atoms with Crippen LogP contribution in [0.3, 0.4) is 0 Å². The van der Waals surface area contributed by atoms with Gasteiger partial charge in [-0.15, -0.1) is 0 Å². The van der Waals surface area contributed by atoms with E-state index in [-0.39, 0.29) is 36.6 Å². The van der Waals surface area contributed by atoms with Crippen molar-refractivity contribution in [1.29, 1.82) is 0 Å². The van der Waals surface area contributed by atoms with Crippen molar-refractivity contribution >= 4 is 11.9 Å². The molecule has 2 aromatic carbocycles. The van der Waals surface area contributed by atoms with Crippen LogP contribution in [0, 0.1) is 0 Å². The maximum absolute atomic E-state index is 12.2. The Labute approximate surface area is 148 Å². The van der Waals surface area contributed by atoms with Crippen LogP contribution in [0.25, 0.3) is 0 Å². The van der Waals surface area contributed by atoms with Gasteiger partial charge in [0.25, 0.3) is 0 Å². The van der Waals surface area contributed by atoms with Gasteiger partial charge in [-0.1, -0.05) is 60.7 Å². The molecule has 0 saturated carbocycles. The molecule has 132 valence electrons. The molecule has 0 aromatic heterocycles. The van der Waals surface area contributed by atoms with E-state index < -0.39 is 0 Å². The van der Waals surface area contributed by atoms with E-state index in [1.165, 1.54) is 7.11 Å². The molecule has 2 rings (SSSR count). The summed E-state index contributed by atoms with van der Waals surface area (Å²) in [4.78, 5) is 24.2. The SMILES string of the molecule is CCOC(=O)CC(c1ccccc1)C(CC(=O)OC)c1ccccc1. The van der Waals surface area contributed by atoms with Gasteiger partial charge in [0.2, 0.25) is 0 Å². The summed E-state index contributed by atoms with van der Waals surface area (Å²) in [5.41, 5.74) is 2.01. The first-order valence-corrected chi connectivity index (χ1v) is 8.48. The highest BCUT2D eigenvalue weighted by Gasteiger charge is 2.29. The average Bonchev–Trinajstić information content (AvgIpc) is 2.66. The van der Waals surface area contributed by atoms with Crippen molar-refractivity contribution in [2.24, 2.45) is 0 Å². The molecular formula is C21H24O4. The van der Waals surface area contributed by atoms with Gasteiger partial charge in [0.1, 0.15) is 0 Å². The molecule has 0 aliphatic rings. The van der Waals surface area contributed by atoms with Gasteiger partial charge in [-0.2, -0.15) is 0 Å². The lowest BCUT2D eigenvalue weighted by atomic mass is 9.77. The molecular weight excluding hydrogens is 316 g/mol. The summed E-state index contributed by atoms with van der Waals surface area (Å²) in [6.45, 7) is 2.13. The second-order valence-corrected chi connectivity index (χ2v) is 5.82. The maximum Gasteiger partial charge on any atom is 0.306 e. The van der Waals surface area contributed by atoms with Crippen LogP contribution in [-0.2, 0) is 19.1 Å². The molecule has 0 spiro atoms. The van der Waals surface area contributed by atoms with Crippen LogP contribution in [-0.4, -0.2) is 25.7 Å². The third kappa shape index (κ3) is 5.45. The Kier molecular flexibility index (Phi) is 7.20. The molecule has 0 fully saturated rings. The second-order valence-electron chi connectivity index (χ2n) is 5.82. The molecule has 25 heavy (non-hydrogen) atoms. The molecule has 0 amide bonds. The van der Waals surface area contributed by atoms with E-state index in [1.807, 2.05) is 60.7 Å². The normalized spacial score (nSPS) is 12.9. The van der Waals surface area contributed by atoms with E-state index in [0.717, 1.165) is 11.1 Å². The van der Waals surface area contributed by atoms with Crippen molar-refractivity contribution in [2.75, 3.05) is 13.7 Å². The van der Waals surface area contributed by atoms with Crippen molar-refractivity contribution in [3.05, 3.63) is 71.8 Å². The summed E-state index contributed by atoms with van der Waals surface area (Å²) in [6.07, 6.45) is 0.424.